The third kappa shape index (κ3) is 55.3. The summed E-state index contributed by atoms with van der Waals surface area (Å²) in [7, 11) is 0. The summed E-state index contributed by atoms with van der Waals surface area (Å²) in [4.78, 5) is 7.21. The van der Waals surface area contributed by atoms with E-state index in [0.717, 1.165) is 103 Å². The molecule has 5 unspecified atom stereocenters. The van der Waals surface area contributed by atoms with Crippen molar-refractivity contribution in [2.75, 3.05) is 72.0 Å². The van der Waals surface area contributed by atoms with Gasteiger partial charge in [-0.05, 0) is 32.1 Å². The molecule has 452 valence electrons. The van der Waals surface area contributed by atoms with E-state index in [1.165, 1.54) is 225 Å². The van der Waals surface area contributed by atoms with Crippen molar-refractivity contribution in [1.82, 2.24) is 20.0 Å². The second kappa shape index (κ2) is 59.8. The second-order valence-electron chi connectivity index (χ2n) is 24.2. The normalized spacial score (nSPS) is 14.2. The van der Waals surface area contributed by atoms with Crippen LogP contribution in [-0.2, 0) is 0 Å². The third-order valence-corrected chi connectivity index (χ3v) is 16.3. The first-order valence-electron chi connectivity index (χ1n) is 34.0. The Bertz CT molecular complexity index is 956. The summed E-state index contributed by atoms with van der Waals surface area (Å²) in [5.41, 5.74) is 0. The van der Waals surface area contributed by atoms with Crippen LogP contribution in [0.15, 0.2) is 0 Å². The lowest BCUT2D eigenvalue weighted by Crippen LogP contribution is -2.47. The molecule has 0 aromatic heterocycles. The third-order valence-electron chi connectivity index (χ3n) is 16.3. The molecule has 0 saturated heterocycles. The number of nitrogens with one attached hydrogen (secondary N) is 1. The fraction of sp³-hybridized carbons (Fsp3) is 1.00. The first kappa shape index (κ1) is 74.6. The Morgan fingerprint density at radius 3 is 0.680 bits per heavy atom. The Labute approximate surface area is 469 Å². The maximum absolute atomic E-state index is 11.5. The minimum absolute atomic E-state index is 0.334. The van der Waals surface area contributed by atoms with Gasteiger partial charge in [0.1, 0.15) is 0 Å². The average molecular weight is 1070 g/mol. The molecule has 0 heterocycles. The lowest BCUT2D eigenvalue weighted by atomic mass is 10.0. The van der Waals surface area contributed by atoms with Crippen molar-refractivity contribution < 1.29 is 25.5 Å². The van der Waals surface area contributed by atoms with Gasteiger partial charge in [0, 0.05) is 72.0 Å². The van der Waals surface area contributed by atoms with Crippen LogP contribution in [0.1, 0.15) is 324 Å². The minimum Gasteiger partial charge on any atom is -0.392 e. The van der Waals surface area contributed by atoms with E-state index >= 15 is 0 Å². The van der Waals surface area contributed by atoms with E-state index in [1.54, 1.807) is 0 Å². The molecule has 0 fully saturated rings. The van der Waals surface area contributed by atoms with Crippen molar-refractivity contribution in [1.29, 1.82) is 0 Å². The number of hydrogen-bond acceptors (Lipinski definition) is 9. The number of unbranched alkanes of at least 4 members (excludes halogenated alkanes) is 35. The lowest BCUT2D eigenvalue weighted by molar-refractivity contribution is 0.0466. The van der Waals surface area contributed by atoms with Crippen LogP contribution in [0, 0.1) is 0 Å². The second-order valence-corrected chi connectivity index (χ2v) is 24.2. The molecule has 9 heteroatoms. The predicted molar refractivity (Wildman–Crippen MR) is 328 cm³/mol. The Morgan fingerprint density at radius 2 is 0.440 bits per heavy atom. The number of rotatable bonds is 64. The molecule has 0 aromatic carbocycles. The summed E-state index contributed by atoms with van der Waals surface area (Å²) in [5.74, 6) is 0. The molecule has 0 aliphatic rings. The van der Waals surface area contributed by atoms with Gasteiger partial charge in [-0.2, -0.15) is 0 Å². The van der Waals surface area contributed by atoms with Crippen LogP contribution in [0.3, 0.4) is 0 Å². The number of aliphatic hydroxyl groups excluding tert-OH is 5. The molecular weight excluding hydrogens is 929 g/mol. The van der Waals surface area contributed by atoms with E-state index in [-0.39, 0.29) is 6.10 Å². The van der Waals surface area contributed by atoms with Gasteiger partial charge >= 0.3 is 0 Å². The van der Waals surface area contributed by atoms with Crippen LogP contribution < -0.4 is 5.32 Å². The molecule has 0 rings (SSSR count). The van der Waals surface area contributed by atoms with Gasteiger partial charge in [-0.15, -0.1) is 0 Å². The molecule has 0 bridgehead atoms. The average Bonchev–Trinajstić information content (AvgIpc) is 3.39. The molecule has 0 radical (unpaired) electrons. The van der Waals surface area contributed by atoms with Gasteiger partial charge in [0.25, 0.3) is 0 Å². The quantitative estimate of drug-likeness (QED) is 0.0331. The van der Waals surface area contributed by atoms with Gasteiger partial charge in [0.05, 0.1) is 30.5 Å². The van der Waals surface area contributed by atoms with Gasteiger partial charge in [0.2, 0.25) is 0 Å². The summed E-state index contributed by atoms with van der Waals surface area (Å²) in [6.07, 6.45) is 52.5. The SMILES string of the molecule is CCCCCCCCCCC(O)CNCCN(CCN(CC(O)CCCCCCCCCC)CC(O)CCCCCCCCCC)CCN(CC(O)CCCCCCCCCC)CC(O)CCCCCCCCCC. The highest BCUT2D eigenvalue weighted by atomic mass is 16.3. The molecular formula is C66H138N4O5. The Hall–Kier alpha value is -0.360. The molecule has 0 spiro atoms. The van der Waals surface area contributed by atoms with Crippen molar-refractivity contribution in [2.45, 2.75) is 354 Å². The highest BCUT2D eigenvalue weighted by molar-refractivity contribution is 4.76. The fourth-order valence-electron chi connectivity index (χ4n) is 11.1. The van der Waals surface area contributed by atoms with Crippen LogP contribution in [0.5, 0.6) is 0 Å². The van der Waals surface area contributed by atoms with Crippen LogP contribution in [0.4, 0.5) is 0 Å². The highest BCUT2D eigenvalue weighted by Gasteiger charge is 2.20. The van der Waals surface area contributed by atoms with Gasteiger partial charge in [0.15, 0.2) is 0 Å². The van der Waals surface area contributed by atoms with E-state index in [2.05, 4.69) is 54.6 Å². The molecule has 0 aliphatic carbocycles. The van der Waals surface area contributed by atoms with E-state index < -0.39 is 24.4 Å². The first-order valence-corrected chi connectivity index (χ1v) is 34.0. The summed E-state index contributed by atoms with van der Waals surface area (Å²) in [5, 5.41) is 60.4. The lowest BCUT2D eigenvalue weighted by Gasteiger charge is -2.33. The van der Waals surface area contributed by atoms with Crippen LogP contribution >= 0.6 is 0 Å². The van der Waals surface area contributed by atoms with Crippen molar-refractivity contribution in [3.8, 4) is 0 Å². The van der Waals surface area contributed by atoms with Crippen molar-refractivity contribution >= 4 is 0 Å². The van der Waals surface area contributed by atoms with E-state index in [9.17, 15) is 25.5 Å². The molecule has 75 heavy (non-hydrogen) atoms. The summed E-state index contributed by atoms with van der Waals surface area (Å²) in [6, 6.07) is 0. The molecule has 5 atom stereocenters. The zero-order chi connectivity index (χ0) is 54.9. The van der Waals surface area contributed by atoms with E-state index in [4.69, 9.17) is 0 Å². The highest BCUT2D eigenvalue weighted by Crippen LogP contribution is 2.17. The van der Waals surface area contributed by atoms with Crippen LogP contribution in [0.2, 0.25) is 0 Å². The largest absolute Gasteiger partial charge is 0.392 e. The number of nitrogens with zero attached hydrogens (tertiary/aromatic N) is 3. The molecule has 0 aliphatic heterocycles. The smallest absolute Gasteiger partial charge is 0.0667 e. The monoisotopic (exact) mass is 1070 g/mol. The Balaban J connectivity index is 5.95. The molecule has 0 aromatic rings. The Morgan fingerprint density at radius 1 is 0.240 bits per heavy atom. The summed E-state index contributed by atoms with van der Waals surface area (Å²) in [6.45, 7) is 19.1. The molecule has 9 nitrogen and oxygen atoms in total. The molecule has 0 saturated carbocycles. The van der Waals surface area contributed by atoms with Gasteiger partial charge in [-0.25, -0.2) is 0 Å². The van der Waals surface area contributed by atoms with Crippen LogP contribution in [0.25, 0.3) is 0 Å². The van der Waals surface area contributed by atoms with Crippen molar-refractivity contribution in [3.05, 3.63) is 0 Å². The maximum Gasteiger partial charge on any atom is 0.0667 e. The van der Waals surface area contributed by atoms with Gasteiger partial charge in [-0.3, -0.25) is 14.7 Å². The van der Waals surface area contributed by atoms with Gasteiger partial charge in [-0.1, -0.05) is 291 Å². The van der Waals surface area contributed by atoms with Crippen molar-refractivity contribution in [2.24, 2.45) is 0 Å². The standard InChI is InChI=1S/C66H138N4O5/c1-6-11-16-21-26-31-36-41-46-62(71)57-67-51-52-68(53-55-69(58-63(72)47-42-37-32-27-22-17-12-7-2)59-64(73)48-43-38-33-28-23-18-13-8-3)54-56-70(60-65(74)49-44-39-34-29-24-19-14-9-4)61-66(75)50-45-40-35-30-25-20-15-10-5/h62-67,71-75H,6-61H2,1-5H3. The minimum atomic E-state index is -0.404. The van der Waals surface area contributed by atoms with E-state index in [0.29, 0.717) is 32.7 Å². The molecule has 0 amide bonds. The van der Waals surface area contributed by atoms with Crippen LogP contribution in [-0.4, -0.2) is 143 Å². The Kier molecular flexibility index (Phi) is 59.5. The van der Waals surface area contributed by atoms with E-state index in [1.807, 2.05) is 0 Å². The van der Waals surface area contributed by atoms with Gasteiger partial charge < -0.3 is 30.8 Å². The first-order chi connectivity index (χ1) is 36.7. The summed E-state index contributed by atoms with van der Waals surface area (Å²) < 4.78 is 0. The topological polar surface area (TPSA) is 123 Å². The number of hydrogen-bond donors (Lipinski definition) is 6. The van der Waals surface area contributed by atoms with Crippen molar-refractivity contribution in [3.63, 3.8) is 0 Å². The predicted octanol–water partition coefficient (Wildman–Crippen LogP) is 15.9. The maximum atomic E-state index is 11.5. The summed E-state index contributed by atoms with van der Waals surface area (Å²) >= 11 is 0. The fourth-order valence-corrected chi connectivity index (χ4v) is 11.1. The zero-order valence-electron chi connectivity index (χ0n) is 51.6. The number of aliphatic hydroxyl groups is 5. The molecule has 6 N–H and O–H groups in total. The zero-order valence-corrected chi connectivity index (χ0v) is 51.6.